The van der Waals surface area contributed by atoms with Crippen LogP contribution in [-0.2, 0) is 25.4 Å². The highest BCUT2D eigenvalue weighted by Crippen LogP contribution is 2.41. The number of anilines is 1. The number of hydrogen-bond donors (Lipinski definition) is 2. The molecule has 7 nitrogen and oxygen atoms in total. The van der Waals surface area contributed by atoms with Gasteiger partial charge in [-0.3, -0.25) is 4.68 Å². The van der Waals surface area contributed by atoms with Crippen LogP contribution < -0.4 is 5.32 Å². The number of aliphatic hydroxyl groups is 1. The van der Waals surface area contributed by atoms with E-state index in [2.05, 4.69) is 15.3 Å². The van der Waals surface area contributed by atoms with E-state index in [1.54, 1.807) is 6.92 Å². The van der Waals surface area contributed by atoms with Gasteiger partial charge in [0.2, 0.25) is 5.69 Å². The fourth-order valence-corrected chi connectivity index (χ4v) is 4.08. The molecule has 158 valence electrons. The van der Waals surface area contributed by atoms with Gasteiger partial charge in [0, 0.05) is 36.7 Å². The summed E-state index contributed by atoms with van der Waals surface area (Å²) in [6.45, 7) is 8.91. The summed E-state index contributed by atoms with van der Waals surface area (Å²) >= 11 is 0. The first-order valence-electron chi connectivity index (χ1n) is 9.59. The zero-order chi connectivity index (χ0) is 21.6. The molecule has 2 atom stereocenters. The normalized spacial score (nSPS) is 22.5. The van der Waals surface area contributed by atoms with E-state index in [1.807, 2.05) is 0 Å². The van der Waals surface area contributed by atoms with Crippen molar-refractivity contribution in [2.75, 3.05) is 5.32 Å². The summed E-state index contributed by atoms with van der Waals surface area (Å²) in [5.74, 6) is -3.94. The van der Waals surface area contributed by atoms with Gasteiger partial charge in [-0.05, 0) is 31.5 Å². The number of aryl methyl sites for hydroxylation is 1. The molecule has 4 rings (SSSR count). The number of nitrogens with one attached hydrogen (secondary N) is 1. The molecule has 2 aromatic rings. The van der Waals surface area contributed by atoms with E-state index in [-0.39, 0.29) is 42.6 Å². The minimum absolute atomic E-state index is 0.0553. The minimum Gasteiger partial charge on any atom is -0.393 e. The third kappa shape index (κ3) is 3.50. The number of carbonyl (C=O) groups is 1. The van der Waals surface area contributed by atoms with Crippen molar-refractivity contribution in [3.05, 3.63) is 52.4 Å². The Balaban J connectivity index is 1.61. The molecule has 0 aliphatic carbocycles. The van der Waals surface area contributed by atoms with Crippen LogP contribution in [0.15, 0.2) is 18.2 Å². The monoisotopic (exact) mass is 419 g/mol. The van der Waals surface area contributed by atoms with E-state index < -0.39 is 30.3 Å². The lowest BCUT2D eigenvalue weighted by Gasteiger charge is -2.34. The van der Waals surface area contributed by atoms with Gasteiger partial charge in [-0.15, -0.1) is 0 Å². The van der Waals surface area contributed by atoms with Gasteiger partial charge in [-0.25, -0.2) is 14.0 Å². The van der Waals surface area contributed by atoms with Crippen molar-refractivity contribution < 1.29 is 23.1 Å². The largest absolute Gasteiger partial charge is 0.393 e. The van der Waals surface area contributed by atoms with E-state index in [9.17, 15) is 23.1 Å². The SMILES string of the molecule is [C-]#[N+]c1cc(NC(=O)N2Cc3c(nn4c3C(F)(F)C[C@@H](O)CC4)C[C@H]2C)ccc1F. The van der Waals surface area contributed by atoms with Gasteiger partial charge in [0.1, 0.15) is 11.5 Å². The van der Waals surface area contributed by atoms with Crippen LogP contribution in [0.2, 0.25) is 0 Å². The summed E-state index contributed by atoms with van der Waals surface area (Å²) in [4.78, 5) is 17.3. The molecule has 0 unspecified atom stereocenters. The highest BCUT2D eigenvalue weighted by atomic mass is 19.3. The van der Waals surface area contributed by atoms with Crippen LogP contribution in [0.25, 0.3) is 4.85 Å². The number of halogens is 3. The lowest BCUT2D eigenvalue weighted by molar-refractivity contribution is -0.0509. The summed E-state index contributed by atoms with van der Waals surface area (Å²) in [6.07, 6.45) is -1.29. The molecule has 30 heavy (non-hydrogen) atoms. The number of urea groups is 1. The molecule has 0 saturated carbocycles. The molecular weight excluding hydrogens is 399 g/mol. The van der Waals surface area contributed by atoms with E-state index >= 15 is 0 Å². The van der Waals surface area contributed by atoms with Crippen LogP contribution in [0.1, 0.15) is 36.7 Å². The lowest BCUT2D eigenvalue weighted by atomic mass is 9.96. The topological polar surface area (TPSA) is 74.8 Å². The van der Waals surface area contributed by atoms with Crippen molar-refractivity contribution in [1.82, 2.24) is 14.7 Å². The number of nitrogens with zero attached hydrogens (tertiary/aromatic N) is 4. The van der Waals surface area contributed by atoms with Crippen molar-refractivity contribution in [3.63, 3.8) is 0 Å². The predicted molar refractivity (Wildman–Crippen MR) is 102 cm³/mol. The molecule has 0 spiro atoms. The van der Waals surface area contributed by atoms with E-state index in [0.717, 1.165) is 6.07 Å². The van der Waals surface area contributed by atoms with Crippen LogP contribution in [-0.4, -0.2) is 38.0 Å². The first kappa shape index (κ1) is 20.2. The summed E-state index contributed by atoms with van der Waals surface area (Å²) in [6, 6.07) is 2.82. The molecule has 0 radical (unpaired) electrons. The summed E-state index contributed by atoms with van der Waals surface area (Å²) in [7, 11) is 0. The second-order valence-electron chi connectivity index (χ2n) is 7.74. The Morgan fingerprint density at radius 3 is 2.93 bits per heavy atom. The average Bonchev–Trinajstić information content (AvgIpc) is 2.99. The Kier molecular flexibility index (Phi) is 4.94. The van der Waals surface area contributed by atoms with Crippen molar-refractivity contribution in [2.24, 2.45) is 0 Å². The van der Waals surface area contributed by atoms with Gasteiger partial charge in [-0.1, -0.05) is 0 Å². The third-order valence-corrected chi connectivity index (χ3v) is 5.57. The van der Waals surface area contributed by atoms with Gasteiger partial charge in [0.15, 0.2) is 0 Å². The summed E-state index contributed by atoms with van der Waals surface area (Å²) in [5, 5.41) is 16.7. The number of fused-ring (bicyclic) bond motifs is 3. The number of rotatable bonds is 1. The van der Waals surface area contributed by atoms with E-state index in [4.69, 9.17) is 6.57 Å². The maximum absolute atomic E-state index is 14.8. The molecule has 1 aromatic heterocycles. The number of alkyl halides is 2. The Labute approximate surface area is 170 Å². The second kappa shape index (κ2) is 7.32. The van der Waals surface area contributed by atoms with Gasteiger partial charge in [0.05, 0.1) is 24.9 Å². The number of amides is 2. The number of benzene rings is 1. The fraction of sp³-hybridized carbons (Fsp3) is 0.450. The molecule has 10 heteroatoms. The predicted octanol–water partition coefficient (Wildman–Crippen LogP) is 3.80. The Morgan fingerprint density at radius 2 is 2.20 bits per heavy atom. The maximum Gasteiger partial charge on any atom is 0.322 e. The molecule has 2 aliphatic heterocycles. The number of hydrogen-bond acceptors (Lipinski definition) is 3. The Morgan fingerprint density at radius 1 is 1.43 bits per heavy atom. The third-order valence-electron chi connectivity index (χ3n) is 5.57. The Bertz CT molecular complexity index is 1050. The standard InChI is InChI=1S/C20H20F3N5O2/c1-11-7-16-14(18-20(22,23)9-13(29)5-6-28(18)26-16)10-27(11)19(30)25-12-3-4-15(21)17(8-12)24-2/h3-4,8,11,13,29H,5-7,9-10H2,1H3,(H,25,30)/t11-,13+/m1/s1. The number of aromatic nitrogens is 2. The van der Waals surface area contributed by atoms with E-state index in [0.29, 0.717) is 17.7 Å². The van der Waals surface area contributed by atoms with Crippen LogP contribution in [0.5, 0.6) is 0 Å². The van der Waals surface area contributed by atoms with Gasteiger partial charge in [-0.2, -0.15) is 13.9 Å². The molecule has 0 bridgehead atoms. The highest BCUT2D eigenvalue weighted by molar-refractivity contribution is 5.90. The minimum atomic E-state index is -3.25. The average molecular weight is 419 g/mol. The lowest BCUT2D eigenvalue weighted by Crippen LogP contribution is -2.45. The molecule has 1 aromatic carbocycles. The molecule has 0 saturated heterocycles. The first-order valence-corrected chi connectivity index (χ1v) is 9.59. The van der Waals surface area contributed by atoms with Crippen molar-refractivity contribution in [3.8, 4) is 0 Å². The van der Waals surface area contributed by atoms with Crippen LogP contribution >= 0.6 is 0 Å². The molecule has 2 aliphatic rings. The van der Waals surface area contributed by atoms with Gasteiger partial charge < -0.3 is 15.3 Å². The zero-order valence-corrected chi connectivity index (χ0v) is 16.2. The maximum atomic E-state index is 14.8. The highest BCUT2D eigenvalue weighted by Gasteiger charge is 2.45. The van der Waals surface area contributed by atoms with Crippen LogP contribution in [0.4, 0.5) is 29.3 Å². The van der Waals surface area contributed by atoms with Crippen molar-refractivity contribution in [1.29, 1.82) is 0 Å². The number of carbonyl (C=O) groups excluding carboxylic acids is 1. The molecular formula is C20H20F3N5O2. The smallest absolute Gasteiger partial charge is 0.322 e. The first-order chi connectivity index (χ1) is 14.2. The summed E-state index contributed by atoms with van der Waals surface area (Å²) < 4.78 is 44.4. The second-order valence-corrected chi connectivity index (χ2v) is 7.74. The van der Waals surface area contributed by atoms with E-state index in [1.165, 1.54) is 21.7 Å². The molecule has 0 fully saturated rings. The quantitative estimate of drug-likeness (QED) is 0.691. The molecule has 3 heterocycles. The van der Waals surface area contributed by atoms with Crippen LogP contribution in [0, 0.1) is 12.4 Å². The zero-order valence-electron chi connectivity index (χ0n) is 16.2. The summed E-state index contributed by atoms with van der Waals surface area (Å²) in [5.41, 5.74) is 0.628. The van der Waals surface area contributed by atoms with Gasteiger partial charge >= 0.3 is 6.03 Å². The Hall–Kier alpha value is -3.06. The van der Waals surface area contributed by atoms with Crippen molar-refractivity contribution >= 4 is 17.4 Å². The fourth-order valence-electron chi connectivity index (χ4n) is 4.08. The van der Waals surface area contributed by atoms with Crippen LogP contribution in [0.3, 0.4) is 0 Å². The molecule has 2 N–H and O–H groups in total. The molecule has 2 amide bonds. The number of aliphatic hydroxyl groups excluding tert-OH is 1. The van der Waals surface area contributed by atoms with Gasteiger partial charge in [0.25, 0.3) is 5.92 Å². The van der Waals surface area contributed by atoms with Crippen molar-refractivity contribution in [2.45, 2.75) is 57.3 Å².